The minimum atomic E-state index is 0. The Hall–Kier alpha value is -1.32. The largest absolute Gasteiger partial charge is 0.489 e. The predicted octanol–water partition coefficient (Wildman–Crippen LogP) is 2.26. The van der Waals surface area contributed by atoms with Crippen LogP contribution in [0.4, 0.5) is 0 Å². The Morgan fingerprint density at radius 1 is 1.42 bits per heavy atom. The molecule has 2 N–H and O–H groups in total. The molecule has 1 fully saturated rings. The van der Waals surface area contributed by atoms with Crippen LogP contribution in [0.15, 0.2) is 41.9 Å². The SMILES string of the molecule is C=CCOc1ccccc1CN=C(NCC)NCC1CN(C)CCO1.I. The summed E-state index contributed by atoms with van der Waals surface area (Å²) in [5, 5.41) is 6.65. The van der Waals surface area contributed by atoms with Crippen LogP contribution in [0.5, 0.6) is 5.75 Å². The minimum Gasteiger partial charge on any atom is -0.489 e. The van der Waals surface area contributed by atoms with Crippen LogP contribution < -0.4 is 15.4 Å². The van der Waals surface area contributed by atoms with Gasteiger partial charge in [-0.15, -0.1) is 24.0 Å². The summed E-state index contributed by atoms with van der Waals surface area (Å²) in [6.07, 6.45) is 1.93. The Balaban J connectivity index is 0.00000338. The first-order valence-electron chi connectivity index (χ1n) is 8.86. The van der Waals surface area contributed by atoms with E-state index in [2.05, 4.69) is 41.1 Å². The number of nitrogens with zero attached hydrogens (tertiary/aromatic N) is 2. The molecule has 0 aromatic heterocycles. The molecule has 146 valence electrons. The second-order valence-electron chi connectivity index (χ2n) is 6.04. The Kier molecular flexibility index (Phi) is 11.3. The molecule has 1 atom stereocenters. The van der Waals surface area contributed by atoms with Crippen LogP contribution in [0.25, 0.3) is 0 Å². The fourth-order valence-electron chi connectivity index (χ4n) is 2.63. The summed E-state index contributed by atoms with van der Waals surface area (Å²) in [5.41, 5.74) is 1.05. The highest BCUT2D eigenvalue weighted by Gasteiger charge is 2.17. The van der Waals surface area contributed by atoms with Gasteiger partial charge in [0.1, 0.15) is 12.4 Å². The zero-order valence-corrected chi connectivity index (χ0v) is 18.1. The molecular weight excluding hydrogens is 443 g/mol. The first kappa shape index (κ1) is 22.7. The smallest absolute Gasteiger partial charge is 0.191 e. The molecule has 0 radical (unpaired) electrons. The van der Waals surface area contributed by atoms with Crippen LogP contribution >= 0.6 is 24.0 Å². The number of ether oxygens (including phenoxy) is 2. The van der Waals surface area contributed by atoms with E-state index in [9.17, 15) is 0 Å². The molecule has 26 heavy (non-hydrogen) atoms. The molecule has 0 amide bonds. The average molecular weight is 474 g/mol. The lowest BCUT2D eigenvalue weighted by molar-refractivity contribution is -0.0161. The molecule has 7 heteroatoms. The molecule has 2 rings (SSSR count). The number of aliphatic imine (C=N–C) groups is 1. The number of nitrogens with one attached hydrogen (secondary N) is 2. The van der Waals surface area contributed by atoms with Crippen LogP contribution in [0.1, 0.15) is 12.5 Å². The summed E-state index contributed by atoms with van der Waals surface area (Å²) in [7, 11) is 2.12. The highest BCUT2D eigenvalue weighted by molar-refractivity contribution is 14.0. The average Bonchev–Trinajstić information content (AvgIpc) is 2.63. The molecule has 1 aliphatic rings. The second kappa shape index (κ2) is 12.9. The maximum atomic E-state index is 5.79. The van der Waals surface area contributed by atoms with Gasteiger partial charge in [-0.3, -0.25) is 0 Å². The topological polar surface area (TPSA) is 58.1 Å². The molecule has 1 aliphatic heterocycles. The van der Waals surface area contributed by atoms with Crippen molar-refractivity contribution >= 4 is 29.9 Å². The van der Waals surface area contributed by atoms with Gasteiger partial charge in [0.05, 0.1) is 19.3 Å². The van der Waals surface area contributed by atoms with Crippen molar-refractivity contribution in [2.45, 2.75) is 19.6 Å². The number of hydrogen-bond donors (Lipinski definition) is 2. The van der Waals surface area contributed by atoms with Crippen molar-refractivity contribution in [1.82, 2.24) is 15.5 Å². The van der Waals surface area contributed by atoms with E-state index in [1.165, 1.54) is 0 Å². The number of hydrogen-bond acceptors (Lipinski definition) is 4. The summed E-state index contributed by atoms with van der Waals surface area (Å²) < 4.78 is 11.5. The monoisotopic (exact) mass is 474 g/mol. The van der Waals surface area contributed by atoms with Crippen LogP contribution in [0, 0.1) is 0 Å². The van der Waals surface area contributed by atoms with Gasteiger partial charge in [-0.05, 0) is 20.0 Å². The van der Waals surface area contributed by atoms with Gasteiger partial charge in [0.25, 0.3) is 0 Å². The van der Waals surface area contributed by atoms with Gasteiger partial charge in [0.2, 0.25) is 0 Å². The maximum Gasteiger partial charge on any atom is 0.191 e. The van der Waals surface area contributed by atoms with E-state index in [-0.39, 0.29) is 30.1 Å². The Bertz CT molecular complexity index is 568. The van der Waals surface area contributed by atoms with Gasteiger partial charge < -0.3 is 25.0 Å². The van der Waals surface area contributed by atoms with Crippen molar-refractivity contribution < 1.29 is 9.47 Å². The van der Waals surface area contributed by atoms with Gasteiger partial charge in [0, 0.05) is 31.7 Å². The summed E-state index contributed by atoms with van der Waals surface area (Å²) in [6, 6.07) is 7.95. The summed E-state index contributed by atoms with van der Waals surface area (Å²) in [5.74, 6) is 1.64. The number of rotatable bonds is 8. The third-order valence-corrected chi connectivity index (χ3v) is 3.92. The first-order valence-corrected chi connectivity index (χ1v) is 8.86. The third-order valence-electron chi connectivity index (χ3n) is 3.92. The lowest BCUT2D eigenvalue weighted by atomic mass is 10.2. The van der Waals surface area contributed by atoms with Crippen molar-refractivity contribution in [2.24, 2.45) is 4.99 Å². The minimum absolute atomic E-state index is 0. The fourth-order valence-corrected chi connectivity index (χ4v) is 2.63. The van der Waals surface area contributed by atoms with Crippen molar-refractivity contribution in [2.75, 3.05) is 46.4 Å². The number of benzene rings is 1. The molecule has 0 saturated carbocycles. The predicted molar refractivity (Wildman–Crippen MR) is 118 cm³/mol. The molecule has 0 aliphatic carbocycles. The zero-order chi connectivity index (χ0) is 17.9. The van der Waals surface area contributed by atoms with E-state index in [1.54, 1.807) is 6.08 Å². The van der Waals surface area contributed by atoms with Gasteiger partial charge in [-0.2, -0.15) is 0 Å². The van der Waals surface area contributed by atoms with E-state index in [0.717, 1.165) is 50.1 Å². The third kappa shape index (κ3) is 7.92. The Morgan fingerprint density at radius 2 is 2.23 bits per heavy atom. The number of halogens is 1. The molecule has 1 saturated heterocycles. The van der Waals surface area contributed by atoms with E-state index in [1.807, 2.05) is 24.3 Å². The molecule has 1 heterocycles. The summed E-state index contributed by atoms with van der Waals surface area (Å²) in [6.45, 7) is 11.1. The van der Waals surface area contributed by atoms with Crippen molar-refractivity contribution in [1.29, 1.82) is 0 Å². The Morgan fingerprint density at radius 3 is 2.96 bits per heavy atom. The normalized spacial score (nSPS) is 17.9. The standard InChI is InChI=1S/C19H30N4O2.HI/c1-4-11-25-18-9-7-6-8-16(18)13-21-19(20-5-2)22-14-17-15-23(3)10-12-24-17;/h4,6-9,17H,1,5,10-15H2,2-3H3,(H2,20,21,22);1H. The van der Waals surface area contributed by atoms with Gasteiger partial charge in [-0.25, -0.2) is 4.99 Å². The summed E-state index contributed by atoms with van der Waals surface area (Å²) in [4.78, 5) is 6.96. The van der Waals surface area contributed by atoms with Crippen LogP contribution in [-0.4, -0.2) is 63.4 Å². The van der Waals surface area contributed by atoms with Crippen LogP contribution in [0.2, 0.25) is 0 Å². The number of para-hydroxylation sites is 1. The van der Waals surface area contributed by atoms with Gasteiger partial charge in [0.15, 0.2) is 5.96 Å². The zero-order valence-electron chi connectivity index (χ0n) is 15.7. The van der Waals surface area contributed by atoms with Crippen molar-refractivity contribution in [3.8, 4) is 5.75 Å². The molecule has 0 spiro atoms. The van der Waals surface area contributed by atoms with E-state index in [0.29, 0.717) is 13.2 Å². The lowest BCUT2D eigenvalue weighted by Crippen LogP contribution is -2.48. The number of morpholine rings is 1. The highest BCUT2D eigenvalue weighted by atomic mass is 127. The lowest BCUT2D eigenvalue weighted by Gasteiger charge is -2.30. The fraction of sp³-hybridized carbons (Fsp3) is 0.526. The van der Waals surface area contributed by atoms with E-state index >= 15 is 0 Å². The maximum absolute atomic E-state index is 5.79. The number of likely N-dealkylation sites (N-methyl/N-ethyl adjacent to an activating group) is 1. The quantitative estimate of drug-likeness (QED) is 0.262. The molecular formula is C19H31IN4O2. The molecule has 0 bridgehead atoms. The van der Waals surface area contributed by atoms with Gasteiger partial charge in [-0.1, -0.05) is 30.9 Å². The number of guanidine groups is 1. The molecule has 1 unspecified atom stereocenters. The second-order valence-corrected chi connectivity index (χ2v) is 6.04. The van der Waals surface area contributed by atoms with Crippen molar-refractivity contribution in [3.05, 3.63) is 42.5 Å². The molecule has 1 aromatic rings. The van der Waals surface area contributed by atoms with E-state index in [4.69, 9.17) is 9.47 Å². The molecule has 1 aromatic carbocycles. The molecule has 6 nitrogen and oxygen atoms in total. The van der Waals surface area contributed by atoms with Crippen molar-refractivity contribution in [3.63, 3.8) is 0 Å². The van der Waals surface area contributed by atoms with Crippen LogP contribution in [-0.2, 0) is 11.3 Å². The summed E-state index contributed by atoms with van der Waals surface area (Å²) >= 11 is 0. The Labute approximate surface area is 174 Å². The first-order chi connectivity index (χ1) is 12.2. The highest BCUT2D eigenvalue weighted by Crippen LogP contribution is 2.18. The van der Waals surface area contributed by atoms with Crippen LogP contribution in [0.3, 0.4) is 0 Å². The van der Waals surface area contributed by atoms with Gasteiger partial charge >= 0.3 is 0 Å². The van der Waals surface area contributed by atoms with E-state index < -0.39 is 0 Å².